The van der Waals surface area contributed by atoms with Crippen LogP contribution in [0.15, 0.2) is 24.3 Å². The smallest absolute Gasteiger partial charge is 0.326 e. The molecule has 0 aromatic heterocycles. The summed E-state index contributed by atoms with van der Waals surface area (Å²) in [5, 5.41) is 9.65. The van der Waals surface area contributed by atoms with Gasteiger partial charge in [-0.1, -0.05) is 23.7 Å². The standard InChI is InChI=1S/C15H18ClNO5/c1-9(22-13-6-4-3-5-11(13)16)14(18)17-8-10(21-2)7-12(17)15(19)20/h3-6,9-10,12H,7-8H2,1-2H3,(H,19,20). The summed E-state index contributed by atoms with van der Waals surface area (Å²) < 4.78 is 10.7. The van der Waals surface area contributed by atoms with E-state index in [9.17, 15) is 14.7 Å². The van der Waals surface area contributed by atoms with E-state index in [1.54, 1.807) is 31.2 Å². The van der Waals surface area contributed by atoms with Crippen molar-refractivity contribution >= 4 is 23.5 Å². The number of carboxylic acid groups (broad SMARTS) is 1. The lowest BCUT2D eigenvalue weighted by atomic mass is 10.2. The van der Waals surface area contributed by atoms with Gasteiger partial charge in [-0.2, -0.15) is 0 Å². The van der Waals surface area contributed by atoms with Gasteiger partial charge in [0, 0.05) is 20.1 Å². The van der Waals surface area contributed by atoms with Crippen molar-refractivity contribution in [2.45, 2.75) is 31.6 Å². The molecule has 1 saturated heterocycles. The molecular weight excluding hydrogens is 310 g/mol. The van der Waals surface area contributed by atoms with Crippen LogP contribution in [0.3, 0.4) is 0 Å². The van der Waals surface area contributed by atoms with Gasteiger partial charge in [0.1, 0.15) is 11.8 Å². The Hall–Kier alpha value is -1.79. The minimum absolute atomic E-state index is 0.239. The molecule has 0 radical (unpaired) electrons. The molecule has 0 aliphatic carbocycles. The van der Waals surface area contributed by atoms with Gasteiger partial charge in [0.2, 0.25) is 0 Å². The number of rotatable bonds is 5. The van der Waals surface area contributed by atoms with Gasteiger partial charge in [-0.3, -0.25) is 4.79 Å². The molecular formula is C15H18ClNO5. The van der Waals surface area contributed by atoms with Gasteiger partial charge in [0.15, 0.2) is 6.10 Å². The third-order valence-corrected chi connectivity index (χ3v) is 3.96. The van der Waals surface area contributed by atoms with Crippen molar-refractivity contribution in [3.05, 3.63) is 29.3 Å². The van der Waals surface area contributed by atoms with E-state index in [1.165, 1.54) is 12.0 Å². The molecule has 0 bridgehead atoms. The van der Waals surface area contributed by atoms with E-state index in [0.29, 0.717) is 10.8 Å². The van der Waals surface area contributed by atoms with Crippen molar-refractivity contribution in [3.63, 3.8) is 0 Å². The molecule has 0 saturated carbocycles. The minimum atomic E-state index is -1.04. The summed E-state index contributed by atoms with van der Waals surface area (Å²) in [6.45, 7) is 1.81. The van der Waals surface area contributed by atoms with Crippen LogP contribution in [-0.4, -0.2) is 53.8 Å². The van der Waals surface area contributed by atoms with Crippen LogP contribution in [0.5, 0.6) is 5.75 Å². The summed E-state index contributed by atoms with van der Waals surface area (Å²) in [6, 6.07) is 5.92. The Morgan fingerprint density at radius 3 is 2.68 bits per heavy atom. The Kier molecular flexibility index (Phi) is 5.26. The van der Waals surface area contributed by atoms with Crippen LogP contribution in [0, 0.1) is 0 Å². The highest BCUT2D eigenvalue weighted by molar-refractivity contribution is 6.32. The van der Waals surface area contributed by atoms with Crippen LogP contribution in [0.25, 0.3) is 0 Å². The first-order chi connectivity index (χ1) is 10.4. The predicted molar refractivity (Wildman–Crippen MR) is 80.1 cm³/mol. The predicted octanol–water partition coefficient (Wildman–Crippen LogP) is 1.81. The molecule has 1 aromatic rings. The molecule has 3 atom stereocenters. The van der Waals surface area contributed by atoms with E-state index < -0.39 is 24.0 Å². The van der Waals surface area contributed by atoms with E-state index in [1.807, 2.05) is 0 Å². The van der Waals surface area contributed by atoms with Gasteiger partial charge in [-0.05, 0) is 19.1 Å². The van der Waals surface area contributed by atoms with Crippen molar-refractivity contribution in [2.24, 2.45) is 0 Å². The maximum atomic E-state index is 12.5. The van der Waals surface area contributed by atoms with E-state index in [-0.39, 0.29) is 19.1 Å². The highest BCUT2D eigenvalue weighted by atomic mass is 35.5. The normalized spacial score (nSPS) is 22.4. The van der Waals surface area contributed by atoms with Gasteiger partial charge in [0.25, 0.3) is 5.91 Å². The van der Waals surface area contributed by atoms with Crippen LogP contribution in [0.1, 0.15) is 13.3 Å². The molecule has 22 heavy (non-hydrogen) atoms. The largest absolute Gasteiger partial charge is 0.480 e. The minimum Gasteiger partial charge on any atom is -0.480 e. The molecule has 120 valence electrons. The second kappa shape index (κ2) is 6.98. The zero-order valence-corrected chi connectivity index (χ0v) is 13.1. The molecule has 1 aliphatic rings. The quantitative estimate of drug-likeness (QED) is 0.892. The maximum absolute atomic E-state index is 12.5. The molecule has 1 aromatic carbocycles. The maximum Gasteiger partial charge on any atom is 0.326 e. The topological polar surface area (TPSA) is 76.1 Å². The number of amides is 1. The summed E-state index contributed by atoms with van der Waals surface area (Å²) in [6.07, 6.45) is -0.842. The summed E-state index contributed by atoms with van der Waals surface area (Å²) >= 11 is 5.99. The molecule has 1 heterocycles. The fourth-order valence-corrected chi connectivity index (χ4v) is 2.64. The van der Waals surface area contributed by atoms with Crippen molar-refractivity contribution in [1.82, 2.24) is 4.90 Å². The number of carbonyl (C=O) groups excluding carboxylic acids is 1. The third kappa shape index (κ3) is 3.51. The molecule has 7 heteroatoms. The second-order valence-corrected chi connectivity index (χ2v) is 5.54. The number of para-hydroxylation sites is 1. The molecule has 1 N–H and O–H groups in total. The first-order valence-electron chi connectivity index (χ1n) is 6.91. The molecule has 6 nitrogen and oxygen atoms in total. The number of methoxy groups -OCH3 is 1. The number of aliphatic carboxylic acids is 1. The molecule has 2 rings (SSSR count). The molecule has 3 unspecified atom stereocenters. The number of halogens is 1. The first kappa shape index (κ1) is 16.6. The zero-order valence-electron chi connectivity index (χ0n) is 12.4. The van der Waals surface area contributed by atoms with E-state index in [2.05, 4.69) is 0 Å². The Morgan fingerprint density at radius 2 is 2.09 bits per heavy atom. The summed E-state index contributed by atoms with van der Waals surface area (Å²) in [5.74, 6) is -1.05. The summed E-state index contributed by atoms with van der Waals surface area (Å²) in [4.78, 5) is 25.1. The van der Waals surface area contributed by atoms with Gasteiger partial charge >= 0.3 is 5.97 Å². The van der Waals surface area contributed by atoms with Gasteiger partial charge in [0.05, 0.1) is 11.1 Å². The van der Waals surface area contributed by atoms with Crippen molar-refractivity contribution in [1.29, 1.82) is 0 Å². The summed E-state index contributed by atoms with van der Waals surface area (Å²) in [7, 11) is 1.50. The Morgan fingerprint density at radius 1 is 1.41 bits per heavy atom. The molecule has 1 aliphatic heterocycles. The van der Waals surface area contributed by atoms with E-state index in [0.717, 1.165) is 0 Å². The van der Waals surface area contributed by atoms with Crippen molar-refractivity contribution < 1.29 is 24.2 Å². The number of carboxylic acids is 1. The number of hydrogen-bond donors (Lipinski definition) is 1. The SMILES string of the molecule is COC1CC(C(=O)O)N(C(=O)C(C)Oc2ccccc2Cl)C1. The van der Waals surface area contributed by atoms with Crippen molar-refractivity contribution in [2.75, 3.05) is 13.7 Å². The number of benzene rings is 1. The first-order valence-corrected chi connectivity index (χ1v) is 7.29. The number of ether oxygens (including phenoxy) is 2. The Bertz CT molecular complexity index is 565. The highest BCUT2D eigenvalue weighted by Crippen LogP contribution is 2.26. The average Bonchev–Trinajstić information content (AvgIpc) is 2.93. The number of hydrogen-bond acceptors (Lipinski definition) is 4. The van der Waals surface area contributed by atoms with Crippen LogP contribution < -0.4 is 4.74 Å². The van der Waals surface area contributed by atoms with E-state index in [4.69, 9.17) is 21.1 Å². The fourth-order valence-electron chi connectivity index (χ4n) is 2.46. The molecule has 1 amide bonds. The van der Waals surface area contributed by atoms with Crippen LogP contribution in [0.4, 0.5) is 0 Å². The van der Waals surface area contributed by atoms with Crippen LogP contribution >= 0.6 is 11.6 Å². The third-order valence-electron chi connectivity index (χ3n) is 3.65. The molecule has 1 fully saturated rings. The van der Waals surface area contributed by atoms with Gasteiger partial charge in [-0.15, -0.1) is 0 Å². The number of carbonyl (C=O) groups is 2. The zero-order chi connectivity index (χ0) is 16.3. The lowest BCUT2D eigenvalue weighted by Gasteiger charge is -2.25. The number of nitrogens with zero attached hydrogens (tertiary/aromatic N) is 1. The molecule has 0 spiro atoms. The second-order valence-electron chi connectivity index (χ2n) is 5.13. The lowest BCUT2D eigenvalue weighted by Crippen LogP contribution is -2.46. The average molecular weight is 328 g/mol. The Labute approximate surface area is 133 Å². The Balaban J connectivity index is 2.09. The van der Waals surface area contributed by atoms with E-state index >= 15 is 0 Å². The van der Waals surface area contributed by atoms with Crippen molar-refractivity contribution in [3.8, 4) is 5.75 Å². The lowest BCUT2D eigenvalue weighted by molar-refractivity contribution is -0.150. The van der Waals surface area contributed by atoms with Gasteiger partial charge < -0.3 is 19.5 Å². The van der Waals surface area contributed by atoms with Crippen LogP contribution in [0.2, 0.25) is 5.02 Å². The van der Waals surface area contributed by atoms with Crippen LogP contribution in [-0.2, 0) is 14.3 Å². The highest BCUT2D eigenvalue weighted by Gasteiger charge is 2.41. The van der Waals surface area contributed by atoms with Gasteiger partial charge in [-0.25, -0.2) is 4.79 Å². The summed E-state index contributed by atoms with van der Waals surface area (Å²) in [5.41, 5.74) is 0. The fraction of sp³-hybridized carbons (Fsp3) is 0.467. The number of likely N-dealkylation sites (tertiary alicyclic amines) is 1. The monoisotopic (exact) mass is 327 g/mol.